The number of hydrogen-bond donors (Lipinski definition) is 1. The van der Waals surface area contributed by atoms with Crippen molar-refractivity contribution in [2.24, 2.45) is 5.14 Å². The summed E-state index contributed by atoms with van der Waals surface area (Å²) in [6, 6.07) is 25.2. The van der Waals surface area contributed by atoms with Crippen molar-refractivity contribution < 1.29 is 17.6 Å². The zero-order chi connectivity index (χ0) is 20.3. The molecular formula is C22H18N2O4S. The Morgan fingerprint density at radius 3 is 2.07 bits per heavy atom. The number of oxazole rings is 1. The van der Waals surface area contributed by atoms with Gasteiger partial charge in [0.15, 0.2) is 12.4 Å². The Balaban J connectivity index is 1.70. The van der Waals surface area contributed by atoms with Gasteiger partial charge in [0.2, 0.25) is 15.9 Å². The number of ether oxygens (including phenoxy) is 1. The van der Waals surface area contributed by atoms with Crippen molar-refractivity contribution in [3.63, 3.8) is 0 Å². The van der Waals surface area contributed by atoms with E-state index >= 15 is 0 Å². The van der Waals surface area contributed by atoms with Crippen LogP contribution in [0.1, 0.15) is 5.89 Å². The molecule has 0 aliphatic carbocycles. The SMILES string of the molecule is NS(=O)(=O)c1ccc(-c2oc(COc3ccccc3)nc2-c2ccccc2)cc1. The summed E-state index contributed by atoms with van der Waals surface area (Å²) in [6.07, 6.45) is 0. The van der Waals surface area contributed by atoms with Crippen LogP contribution in [0.25, 0.3) is 22.6 Å². The van der Waals surface area contributed by atoms with Crippen LogP contribution in [-0.4, -0.2) is 13.4 Å². The van der Waals surface area contributed by atoms with Crippen molar-refractivity contribution in [3.8, 4) is 28.3 Å². The fraction of sp³-hybridized carbons (Fsp3) is 0.0455. The zero-order valence-corrected chi connectivity index (χ0v) is 16.2. The lowest BCUT2D eigenvalue weighted by Crippen LogP contribution is -2.11. The van der Waals surface area contributed by atoms with Crippen molar-refractivity contribution in [1.82, 2.24) is 4.98 Å². The summed E-state index contributed by atoms with van der Waals surface area (Å²) in [5.74, 6) is 1.66. The first-order valence-corrected chi connectivity index (χ1v) is 10.4. The summed E-state index contributed by atoms with van der Waals surface area (Å²) in [6.45, 7) is 0.166. The molecule has 6 nitrogen and oxygen atoms in total. The fourth-order valence-electron chi connectivity index (χ4n) is 2.87. The molecule has 0 saturated carbocycles. The van der Waals surface area contributed by atoms with Crippen LogP contribution in [0.2, 0.25) is 0 Å². The smallest absolute Gasteiger partial charge is 0.238 e. The lowest BCUT2D eigenvalue weighted by Gasteiger charge is -2.03. The van der Waals surface area contributed by atoms with Crippen LogP contribution in [0, 0.1) is 0 Å². The van der Waals surface area contributed by atoms with Gasteiger partial charge < -0.3 is 9.15 Å². The Labute approximate surface area is 168 Å². The summed E-state index contributed by atoms with van der Waals surface area (Å²) in [5, 5.41) is 5.19. The van der Waals surface area contributed by atoms with Gasteiger partial charge in [-0.15, -0.1) is 0 Å². The number of primary sulfonamides is 1. The predicted molar refractivity (Wildman–Crippen MR) is 110 cm³/mol. The van der Waals surface area contributed by atoms with Crippen LogP contribution in [0.3, 0.4) is 0 Å². The Kier molecular flexibility index (Phi) is 5.16. The van der Waals surface area contributed by atoms with Gasteiger partial charge >= 0.3 is 0 Å². The molecule has 0 radical (unpaired) electrons. The molecule has 0 aliphatic rings. The van der Waals surface area contributed by atoms with Gasteiger partial charge in [-0.3, -0.25) is 0 Å². The van der Waals surface area contributed by atoms with E-state index < -0.39 is 10.0 Å². The van der Waals surface area contributed by atoms with Gasteiger partial charge in [0.05, 0.1) is 4.90 Å². The number of rotatable bonds is 6. The number of nitrogens with two attached hydrogens (primary N) is 1. The van der Waals surface area contributed by atoms with E-state index in [1.165, 1.54) is 12.1 Å². The lowest BCUT2D eigenvalue weighted by molar-refractivity contribution is 0.264. The molecule has 3 aromatic carbocycles. The van der Waals surface area contributed by atoms with Crippen LogP contribution in [-0.2, 0) is 16.6 Å². The van der Waals surface area contributed by atoms with Crippen LogP contribution >= 0.6 is 0 Å². The van der Waals surface area contributed by atoms with Crippen LogP contribution in [0.5, 0.6) is 5.75 Å². The molecule has 4 rings (SSSR count). The Morgan fingerprint density at radius 1 is 0.828 bits per heavy atom. The maximum Gasteiger partial charge on any atom is 0.238 e. The second-order valence-corrected chi connectivity index (χ2v) is 7.88. The van der Waals surface area contributed by atoms with Gasteiger partial charge in [0.25, 0.3) is 0 Å². The van der Waals surface area contributed by atoms with E-state index in [1.807, 2.05) is 60.7 Å². The topological polar surface area (TPSA) is 95.4 Å². The van der Waals surface area contributed by atoms with Gasteiger partial charge in [-0.1, -0.05) is 48.5 Å². The third-order valence-corrected chi connectivity index (χ3v) is 5.20. The molecule has 2 N–H and O–H groups in total. The van der Waals surface area contributed by atoms with E-state index in [9.17, 15) is 8.42 Å². The summed E-state index contributed by atoms with van der Waals surface area (Å²) in [4.78, 5) is 4.65. The molecule has 7 heteroatoms. The van der Waals surface area contributed by atoms with E-state index in [4.69, 9.17) is 14.3 Å². The lowest BCUT2D eigenvalue weighted by atomic mass is 10.1. The number of aromatic nitrogens is 1. The summed E-state index contributed by atoms with van der Waals surface area (Å²) < 4.78 is 34.8. The molecule has 0 saturated heterocycles. The van der Waals surface area contributed by atoms with Gasteiger partial charge in [-0.05, 0) is 36.4 Å². The standard InChI is InChI=1S/C22H18N2O4S/c23-29(25,26)19-13-11-17(12-14-19)22-21(16-7-3-1-4-8-16)24-20(28-22)15-27-18-9-5-2-6-10-18/h1-14H,15H2,(H2,23,25,26). The molecule has 29 heavy (non-hydrogen) atoms. The van der Waals surface area contributed by atoms with Gasteiger partial charge in [-0.2, -0.15) is 0 Å². The molecule has 4 aromatic rings. The highest BCUT2D eigenvalue weighted by Crippen LogP contribution is 2.33. The third kappa shape index (κ3) is 4.37. The summed E-state index contributed by atoms with van der Waals surface area (Å²) >= 11 is 0. The first-order valence-electron chi connectivity index (χ1n) is 8.87. The Hall–Kier alpha value is -3.42. The summed E-state index contributed by atoms with van der Waals surface area (Å²) in [5.41, 5.74) is 2.23. The van der Waals surface area contributed by atoms with E-state index in [0.29, 0.717) is 28.7 Å². The minimum atomic E-state index is -3.76. The highest BCUT2D eigenvalue weighted by molar-refractivity contribution is 7.89. The molecule has 0 atom stereocenters. The zero-order valence-electron chi connectivity index (χ0n) is 15.4. The molecule has 0 amide bonds. The minimum Gasteiger partial charge on any atom is -0.484 e. The molecule has 0 aliphatic heterocycles. The average Bonchev–Trinajstić information content (AvgIpc) is 3.17. The first kappa shape index (κ1) is 18.9. The maximum absolute atomic E-state index is 11.5. The molecule has 146 valence electrons. The molecule has 0 bridgehead atoms. The number of hydrogen-bond acceptors (Lipinski definition) is 5. The maximum atomic E-state index is 11.5. The number of benzene rings is 3. The number of sulfonamides is 1. The molecular weight excluding hydrogens is 388 g/mol. The molecule has 0 spiro atoms. The van der Waals surface area contributed by atoms with Crippen LogP contribution in [0.15, 0.2) is 94.2 Å². The molecule has 1 aromatic heterocycles. The molecule has 0 fully saturated rings. The van der Waals surface area contributed by atoms with Crippen molar-refractivity contribution in [2.45, 2.75) is 11.5 Å². The largest absolute Gasteiger partial charge is 0.484 e. The highest BCUT2D eigenvalue weighted by atomic mass is 32.2. The van der Waals surface area contributed by atoms with E-state index in [0.717, 1.165) is 5.56 Å². The number of nitrogens with zero attached hydrogens (tertiary/aromatic N) is 1. The van der Waals surface area contributed by atoms with Crippen LogP contribution in [0.4, 0.5) is 0 Å². The normalized spacial score (nSPS) is 11.3. The van der Waals surface area contributed by atoms with Gasteiger partial charge in [-0.25, -0.2) is 18.5 Å². The van der Waals surface area contributed by atoms with Gasteiger partial charge in [0, 0.05) is 11.1 Å². The third-order valence-electron chi connectivity index (χ3n) is 4.27. The second-order valence-electron chi connectivity index (χ2n) is 6.32. The highest BCUT2D eigenvalue weighted by Gasteiger charge is 2.18. The van der Waals surface area contributed by atoms with Crippen molar-refractivity contribution >= 4 is 10.0 Å². The van der Waals surface area contributed by atoms with E-state index in [1.54, 1.807) is 12.1 Å². The monoisotopic (exact) mass is 406 g/mol. The van der Waals surface area contributed by atoms with Crippen molar-refractivity contribution in [1.29, 1.82) is 0 Å². The summed E-state index contributed by atoms with van der Waals surface area (Å²) in [7, 11) is -3.76. The van der Waals surface area contributed by atoms with Gasteiger partial charge in [0.1, 0.15) is 11.4 Å². The van der Waals surface area contributed by atoms with Crippen molar-refractivity contribution in [2.75, 3.05) is 0 Å². The molecule has 1 heterocycles. The second kappa shape index (κ2) is 7.90. The quantitative estimate of drug-likeness (QED) is 0.517. The average molecular weight is 406 g/mol. The Bertz CT molecular complexity index is 1200. The molecule has 0 unspecified atom stereocenters. The predicted octanol–water partition coefficient (Wildman–Crippen LogP) is 4.24. The fourth-order valence-corrected chi connectivity index (χ4v) is 3.39. The Morgan fingerprint density at radius 2 is 1.45 bits per heavy atom. The van der Waals surface area contributed by atoms with Crippen molar-refractivity contribution in [3.05, 3.63) is 90.8 Å². The minimum absolute atomic E-state index is 0.0367. The first-order chi connectivity index (χ1) is 14.0. The van der Waals surface area contributed by atoms with E-state index in [-0.39, 0.29) is 11.5 Å². The number of para-hydroxylation sites is 1. The van der Waals surface area contributed by atoms with Crippen LogP contribution < -0.4 is 9.88 Å². The van der Waals surface area contributed by atoms with E-state index in [2.05, 4.69) is 4.98 Å².